The standard InChI is InChI=1S/C12H15BrO4S/c1-17-11-3-2-8(6-10(11)13)12(14)9-4-5-18(15,16)7-9/h2-3,6,9,12,14H,4-5,7H2,1H3. The topological polar surface area (TPSA) is 63.6 Å². The van der Waals surface area contributed by atoms with Crippen molar-refractivity contribution in [3.8, 4) is 5.75 Å². The van der Waals surface area contributed by atoms with E-state index < -0.39 is 15.9 Å². The summed E-state index contributed by atoms with van der Waals surface area (Å²) in [7, 11) is -1.40. The Labute approximate surface area is 115 Å². The van der Waals surface area contributed by atoms with E-state index in [1.807, 2.05) is 0 Å². The maximum absolute atomic E-state index is 11.4. The second kappa shape index (κ2) is 5.19. The number of aliphatic hydroxyl groups is 1. The summed E-state index contributed by atoms with van der Waals surface area (Å²) in [6.07, 6.45) is -0.225. The van der Waals surface area contributed by atoms with Crippen molar-refractivity contribution in [2.45, 2.75) is 12.5 Å². The van der Waals surface area contributed by atoms with Crippen LogP contribution in [0.4, 0.5) is 0 Å². The van der Waals surface area contributed by atoms with E-state index >= 15 is 0 Å². The molecule has 0 bridgehead atoms. The van der Waals surface area contributed by atoms with Crippen molar-refractivity contribution < 1.29 is 18.3 Å². The van der Waals surface area contributed by atoms with Crippen molar-refractivity contribution in [3.63, 3.8) is 0 Å². The van der Waals surface area contributed by atoms with Crippen LogP contribution in [0.2, 0.25) is 0 Å². The lowest BCUT2D eigenvalue weighted by Crippen LogP contribution is -2.14. The lowest BCUT2D eigenvalue weighted by Gasteiger charge is -2.17. The molecule has 18 heavy (non-hydrogen) atoms. The normalized spacial score (nSPS) is 23.8. The molecule has 0 spiro atoms. The fourth-order valence-corrected chi connectivity index (χ4v) is 4.60. The van der Waals surface area contributed by atoms with Crippen LogP contribution in [0.1, 0.15) is 18.1 Å². The van der Waals surface area contributed by atoms with Crippen LogP contribution in [0, 0.1) is 5.92 Å². The van der Waals surface area contributed by atoms with E-state index in [0.29, 0.717) is 17.7 Å². The highest BCUT2D eigenvalue weighted by Crippen LogP contribution is 2.34. The molecule has 2 atom stereocenters. The predicted molar refractivity (Wildman–Crippen MR) is 72.4 cm³/mol. The van der Waals surface area contributed by atoms with Crippen molar-refractivity contribution in [2.24, 2.45) is 5.92 Å². The van der Waals surface area contributed by atoms with Crippen molar-refractivity contribution in [3.05, 3.63) is 28.2 Å². The van der Waals surface area contributed by atoms with Crippen LogP contribution in [0.25, 0.3) is 0 Å². The number of benzene rings is 1. The lowest BCUT2D eigenvalue weighted by molar-refractivity contribution is 0.121. The van der Waals surface area contributed by atoms with E-state index in [1.54, 1.807) is 25.3 Å². The first-order chi connectivity index (χ1) is 8.43. The molecule has 0 radical (unpaired) electrons. The molecule has 1 heterocycles. The van der Waals surface area contributed by atoms with Gasteiger partial charge in [-0.15, -0.1) is 0 Å². The first-order valence-electron chi connectivity index (χ1n) is 5.65. The molecule has 1 N–H and O–H groups in total. The first-order valence-corrected chi connectivity index (χ1v) is 8.26. The summed E-state index contributed by atoms with van der Waals surface area (Å²) in [5, 5.41) is 10.2. The van der Waals surface area contributed by atoms with Gasteiger partial charge in [-0.05, 0) is 40.0 Å². The van der Waals surface area contributed by atoms with Gasteiger partial charge in [-0.1, -0.05) is 6.07 Å². The molecular weight excluding hydrogens is 320 g/mol. The molecule has 4 nitrogen and oxygen atoms in total. The van der Waals surface area contributed by atoms with E-state index in [4.69, 9.17) is 4.74 Å². The smallest absolute Gasteiger partial charge is 0.150 e. The molecule has 1 saturated heterocycles. The average molecular weight is 335 g/mol. The maximum atomic E-state index is 11.4. The highest BCUT2D eigenvalue weighted by molar-refractivity contribution is 9.10. The van der Waals surface area contributed by atoms with Crippen LogP contribution in [0.5, 0.6) is 5.75 Å². The highest BCUT2D eigenvalue weighted by Gasteiger charge is 2.33. The Morgan fingerprint density at radius 3 is 2.72 bits per heavy atom. The van der Waals surface area contributed by atoms with Gasteiger partial charge in [0.25, 0.3) is 0 Å². The van der Waals surface area contributed by atoms with E-state index in [-0.39, 0.29) is 17.4 Å². The number of sulfone groups is 1. The summed E-state index contributed by atoms with van der Waals surface area (Å²) < 4.78 is 28.7. The van der Waals surface area contributed by atoms with E-state index in [1.165, 1.54) is 0 Å². The number of halogens is 1. The number of hydrogen-bond donors (Lipinski definition) is 1. The summed E-state index contributed by atoms with van der Waals surface area (Å²) in [5.74, 6) is 0.712. The number of ether oxygens (including phenoxy) is 1. The Bertz CT molecular complexity index is 541. The second-order valence-corrected chi connectivity index (χ2v) is 7.58. The van der Waals surface area contributed by atoms with Crippen molar-refractivity contribution in [1.29, 1.82) is 0 Å². The number of aliphatic hydroxyl groups excluding tert-OH is 1. The van der Waals surface area contributed by atoms with Crippen LogP contribution < -0.4 is 4.74 Å². The molecule has 6 heteroatoms. The van der Waals surface area contributed by atoms with Crippen LogP contribution >= 0.6 is 15.9 Å². The van der Waals surface area contributed by atoms with Gasteiger partial charge in [-0.3, -0.25) is 0 Å². The van der Waals surface area contributed by atoms with Gasteiger partial charge in [-0.25, -0.2) is 8.42 Å². The third-order valence-electron chi connectivity index (χ3n) is 3.23. The van der Waals surface area contributed by atoms with Gasteiger partial charge in [0.2, 0.25) is 0 Å². The van der Waals surface area contributed by atoms with Gasteiger partial charge in [0.15, 0.2) is 9.84 Å². The maximum Gasteiger partial charge on any atom is 0.150 e. The zero-order chi connectivity index (χ0) is 13.3. The van der Waals surface area contributed by atoms with E-state index in [0.717, 1.165) is 4.47 Å². The van der Waals surface area contributed by atoms with Gasteiger partial charge in [0.05, 0.1) is 29.2 Å². The average Bonchev–Trinajstić information content (AvgIpc) is 2.68. The first kappa shape index (κ1) is 13.8. The van der Waals surface area contributed by atoms with Crippen molar-refractivity contribution >= 4 is 25.8 Å². The molecule has 1 aromatic rings. The Balaban J connectivity index is 2.19. The van der Waals surface area contributed by atoms with Crippen molar-refractivity contribution in [1.82, 2.24) is 0 Å². The number of hydrogen-bond acceptors (Lipinski definition) is 4. The molecule has 0 aromatic heterocycles. The van der Waals surface area contributed by atoms with Crippen LogP contribution in [-0.2, 0) is 9.84 Å². The fraction of sp³-hybridized carbons (Fsp3) is 0.500. The Morgan fingerprint density at radius 1 is 1.50 bits per heavy atom. The SMILES string of the molecule is COc1ccc(C(O)C2CCS(=O)(=O)C2)cc1Br. The molecule has 2 rings (SSSR count). The summed E-state index contributed by atoms with van der Waals surface area (Å²) in [6.45, 7) is 0. The zero-order valence-electron chi connectivity index (χ0n) is 9.97. The van der Waals surface area contributed by atoms with Crippen molar-refractivity contribution in [2.75, 3.05) is 18.6 Å². The number of methoxy groups -OCH3 is 1. The minimum absolute atomic E-state index is 0.0673. The molecule has 0 saturated carbocycles. The Morgan fingerprint density at radius 2 is 2.22 bits per heavy atom. The quantitative estimate of drug-likeness (QED) is 0.917. The van der Waals surface area contributed by atoms with E-state index in [2.05, 4.69) is 15.9 Å². The monoisotopic (exact) mass is 334 g/mol. The summed E-state index contributed by atoms with van der Waals surface area (Å²) >= 11 is 3.35. The molecule has 1 aliphatic heterocycles. The third kappa shape index (κ3) is 2.87. The Kier molecular flexibility index (Phi) is 3.99. The second-order valence-electron chi connectivity index (χ2n) is 4.50. The molecule has 1 aromatic carbocycles. The van der Waals surface area contributed by atoms with Gasteiger partial charge >= 0.3 is 0 Å². The molecule has 0 aliphatic carbocycles. The molecule has 0 amide bonds. The predicted octanol–water partition coefficient (Wildman–Crippen LogP) is 1.93. The Hall–Kier alpha value is -0.590. The molecule has 100 valence electrons. The minimum atomic E-state index is -2.97. The summed E-state index contributed by atoms with van der Waals surface area (Å²) in [6, 6.07) is 5.29. The van der Waals surface area contributed by atoms with Crippen LogP contribution in [0.3, 0.4) is 0 Å². The summed E-state index contributed by atoms with van der Waals surface area (Å²) in [4.78, 5) is 0. The molecular formula is C12H15BrO4S. The molecule has 1 fully saturated rings. The minimum Gasteiger partial charge on any atom is -0.496 e. The molecule has 1 aliphatic rings. The zero-order valence-corrected chi connectivity index (χ0v) is 12.4. The summed E-state index contributed by atoms with van der Waals surface area (Å²) in [5.41, 5.74) is 0.713. The highest BCUT2D eigenvalue weighted by atomic mass is 79.9. The van der Waals surface area contributed by atoms with Gasteiger partial charge in [-0.2, -0.15) is 0 Å². The lowest BCUT2D eigenvalue weighted by atomic mass is 9.95. The largest absolute Gasteiger partial charge is 0.496 e. The van der Waals surface area contributed by atoms with Crippen LogP contribution in [-0.4, -0.2) is 32.1 Å². The van der Waals surface area contributed by atoms with Gasteiger partial charge in [0, 0.05) is 5.92 Å². The fourth-order valence-electron chi connectivity index (χ4n) is 2.21. The number of rotatable bonds is 3. The van der Waals surface area contributed by atoms with E-state index in [9.17, 15) is 13.5 Å². The van der Waals surface area contributed by atoms with Gasteiger partial charge < -0.3 is 9.84 Å². The van der Waals surface area contributed by atoms with Gasteiger partial charge in [0.1, 0.15) is 5.75 Å². The third-order valence-corrected chi connectivity index (χ3v) is 5.64. The van der Waals surface area contributed by atoms with Crippen LogP contribution in [0.15, 0.2) is 22.7 Å². The molecule has 2 unspecified atom stereocenters.